The molecule has 2 heterocycles. The van der Waals surface area contributed by atoms with E-state index in [2.05, 4.69) is 15.5 Å². The minimum atomic E-state index is 0.577. The molecule has 0 spiro atoms. The second kappa shape index (κ2) is 4.31. The van der Waals surface area contributed by atoms with Crippen molar-refractivity contribution in [2.24, 2.45) is 0 Å². The number of anilines is 2. The smallest absolute Gasteiger partial charge is 0.234 e. The van der Waals surface area contributed by atoms with Gasteiger partial charge in [-0.3, -0.25) is 4.40 Å². The lowest BCUT2D eigenvalue weighted by molar-refractivity contribution is 1.10. The van der Waals surface area contributed by atoms with Crippen molar-refractivity contribution in [3.05, 3.63) is 53.2 Å². The van der Waals surface area contributed by atoms with Crippen molar-refractivity contribution in [3.63, 3.8) is 0 Å². The standard InChI is InChI=1S/C13H11ClN4/c1-9-5-2-3-6-10(9)15-13-17-16-12-8-4-7-11(14)18(12)13/h2-8H,1H3,(H,15,17). The summed E-state index contributed by atoms with van der Waals surface area (Å²) >= 11 is 6.15. The summed E-state index contributed by atoms with van der Waals surface area (Å²) in [5.74, 6) is 0.616. The second-order valence-electron chi connectivity index (χ2n) is 4.01. The molecule has 0 amide bonds. The molecule has 0 fully saturated rings. The molecule has 3 rings (SSSR count). The fraction of sp³-hybridized carbons (Fsp3) is 0.0769. The third-order valence-corrected chi connectivity index (χ3v) is 3.07. The lowest BCUT2D eigenvalue weighted by Crippen LogP contribution is -1.99. The Kier molecular flexibility index (Phi) is 2.64. The number of hydrogen-bond acceptors (Lipinski definition) is 3. The molecule has 0 aliphatic rings. The molecule has 0 unspecified atom stereocenters. The average Bonchev–Trinajstić information content (AvgIpc) is 2.77. The summed E-state index contributed by atoms with van der Waals surface area (Å²) in [4.78, 5) is 0. The normalized spacial score (nSPS) is 10.8. The van der Waals surface area contributed by atoms with E-state index in [4.69, 9.17) is 11.6 Å². The predicted octanol–water partition coefficient (Wildman–Crippen LogP) is 3.43. The maximum Gasteiger partial charge on any atom is 0.234 e. The Morgan fingerprint density at radius 3 is 2.72 bits per heavy atom. The molecule has 0 saturated carbocycles. The molecule has 3 aromatic rings. The molecule has 5 heteroatoms. The van der Waals surface area contributed by atoms with Gasteiger partial charge in [-0.15, -0.1) is 10.2 Å². The van der Waals surface area contributed by atoms with Crippen LogP contribution >= 0.6 is 11.6 Å². The number of rotatable bonds is 2. The first-order valence-corrected chi connectivity index (χ1v) is 5.96. The van der Waals surface area contributed by atoms with Crippen LogP contribution in [0.3, 0.4) is 0 Å². The summed E-state index contributed by atoms with van der Waals surface area (Å²) in [5, 5.41) is 12.0. The van der Waals surface area contributed by atoms with Crippen molar-refractivity contribution < 1.29 is 0 Å². The number of para-hydroxylation sites is 1. The molecule has 0 bridgehead atoms. The lowest BCUT2D eigenvalue weighted by atomic mass is 10.2. The van der Waals surface area contributed by atoms with E-state index < -0.39 is 0 Å². The summed E-state index contributed by atoms with van der Waals surface area (Å²) in [5.41, 5.74) is 2.85. The highest BCUT2D eigenvalue weighted by Gasteiger charge is 2.08. The fourth-order valence-electron chi connectivity index (χ4n) is 1.82. The number of hydrogen-bond donors (Lipinski definition) is 1. The van der Waals surface area contributed by atoms with Crippen LogP contribution in [-0.2, 0) is 0 Å². The number of nitrogens with zero attached hydrogens (tertiary/aromatic N) is 3. The van der Waals surface area contributed by atoms with Gasteiger partial charge in [-0.05, 0) is 30.7 Å². The van der Waals surface area contributed by atoms with Crippen molar-refractivity contribution in [1.29, 1.82) is 0 Å². The van der Waals surface area contributed by atoms with Gasteiger partial charge in [0.15, 0.2) is 5.65 Å². The summed E-state index contributed by atoms with van der Waals surface area (Å²) in [6.45, 7) is 2.03. The van der Waals surface area contributed by atoms with E-state index in [1.807, 2.05) is 43.3 Å². The number of aryl methyl sites for hydroxylation is 1. The molecule has 0 aliphatic carbocycles. The number of fused-ring (bicyclic) bond motifs is 1. The van der Waals surface area contributed by atoms with E-state index in [0.29, 0.717) is 11.1 Å². The van der Waals surface area contributed by atoms with Gasteiger partial charge in [0.25, 0.3) is 0 Å². The van der Waals surface area contributed by atoms with E-state index in [9.17, 15) is 0 Å². The highest BCUT2D eigenvalue weighted by atomic mass is 35.5. The largest absolute Gasteiger partial charge is 0.324 e. The Bertz CT molecular complexity index is 705. The van der Waals surface area contributed by atoms with Gasteiger partial charge in [-0.25, -0.2) is 0 Å². The van der Waals surface area contributed by atoms with Crippen LogP contribution in [0.4, 0.5) is 11.6 Å². The van der Waals surface area contributed by atoms with Crippen molar-refractivity contribution in [1.82, 2.24) is 14.6 Å². The van der Waals surface area contributed by atoms with Crippen molar-refractivity contribution in [3.8, 4) is 0 Å². The molecular weight excluding hydrogens is 248 g/mol. The van der Waals surface area contributed by atoms with E-state index in [1.54, 1.807) is 10.5 Å². The molecule has 0 aliphatic heterocycles. The van der Waals surface area contributed by atoms with Crippen LogP contribution in [0.15, 0.2) is 42.5 Å². The van der Waals surface area contributed by atoms with Crippen LogP contribution in [0.25, 0.3) is 5.65 Å². The van der Waals surface area contributed by atoms with Crippen LogP contribution in [-0.4, -0.2) is 14.6 Å². The number of halogens is 1. The number of pyridine rings is 1. The monoisotopic (exact) mass is 258 g/mol. The van der Waals surface area contributed by atoms with Gasteiger partial charge in [0.1, 0.15) is 5.15 Å². The first-order valence-electron chi connectivity index (χ1n) is 5.58. The fourth-order valence-corrected chi connectivity index (χ4v) is 2.06. The maximum atomic E-state index is 6.15. The molecule has 0 atom stereocenters. The van der Waals surface area contributed by atoms with Crippen LogP contribution < -0.4 is 5.32 Å². The Balaban J connectivity index is 2.09. The van der Waals surface area contributed by atoms with Gasteiger partial charge in [0.05, 0.1) is 0 Å². The minimum absolute atomic E-state index is 0.577. The highest BCUT2D eigenvalue weighted by molar-refractivity contribution is 6.29. The average molecular weight is 259 g/mol. The van der Waals surface area contributed by atoms with E-state index >= 15 is 0 Å². The van der Waals surface area contributed by atoms with Gasteiger partial charge in [-0.2, -0.15) is 0 Å². The molecule has 2 aromatic heterocycles. The van der Waals surface area contributed by atoms with Crippen molar-refractivity contribution in [2.45, 2.75) is 6.92 Å². The Morgan fingerprint density at radius 2 is 1.89 bits per heavy atom. The quantitative estimate of drug-likeness (QED) is 0.716. The molecule has 0 radical (unpaired) electrons. The molecule has 0 saturated heterocycles. The zero-order valence-electron chi connectivity index (χ0n) is 9.76. The molecule has 1 N–H and O–H groups in total. The van der Waals surface area contributed by atoms with E-state index in [0.717, 1.165) is 16.9 Å². The minimum Gasteiger partial charge on any atom is -0.324 e. The van der Waals surface area contributed by atoms with Gasteiger partial charge in [0.2, 0.25) is 5.95 Å². The van der Waals surface area contributed by atoms with Gasteiger partial charge < -0.3 is 5.32 Å². The third-order valence-electron chi connectivity index (χ3n) is 2.77. The summed E-state index contributed by atoms with van der Waals surface area (Å²) in [7, 11) is 0. The Labute approximate surface area is 109 Å². The van der Waals surface area contributed by atoms with Gasteiger partial charge in [-0.1, -0.05) is 35.9 Å². The lowest BCUT2D eigenvalue weighted by Gasteiger charge is -2.07. The highest BCUT2D eigenvalue weighted by Crippen LogP contribution is 2.22. The molecule has 1 aromatic carbocycles. The molecule has 18 heavy (non-hydrogen) atoms. The molecule has 4 nitrogen and oxygen atoms in total. The number of nitrogens with one attached hydrogen (secondary N) is 1. The van der Waals surface area contributed by atoms with Crippen LogP contribution in [0.1, 0.15) is 5.56 Å². The van der Waals surface area contributed by atoms with Crippen LogP contribution in [0, 0.1) is 6.92 Å². The zero-order valence-corrected chi connectivity index (χ0v) is 10.5. The Morgan fingerprint density at radius 1 is 1.06 bits per heavy atom. The van der Waals surface area contributed by atoms with E-state index in [-0.39, 0.29) is 0 Å². The van der Waals surface area contributed by atoms with E-state index in [1.165, 1.54) is 0 Å². The number of aromatic nitrogens is 3. The van der Waals surface area contributed by atoms with Crippen LogP contribution in [0.2, 0.25) is 5.15 Å². The molecular formula is C13H11ClN4. The second-order valence-corrected chi connectivity index (χ2v) is 4.39. The summed E-state index contributed by atoms with van der Waals surface area (Å²) in [6, 6.07) is 13.5. The first kappa shape index (κ1) is 11.0. The summed E-state index contributed by atoms with van der Waals surface area (Å²) in [6.07, 6.45) is 0. The van der Waals surface area contributed by atoms with Crippen molar-refractivity contribution in [2.75, 3.05) is 5.32 Å². The Hall–Kier alpha value is -2.07. The summed E-state index contributed by atoms with van der Waals surface area (Å²) < 4.78 is 1.77. The zero-order chi connectivity index (χ0) is 12.5. The SMILES string of the molecule is Cc1ccccc1Nc1nnc2cccc(Cl)n12. The maximum absolute atomic E-state index is 6.15. The van der Waals surface area contributed by atoms with Gasteiger partial charge in [0, 0.05) is 5.69 Å². The third kappa shape index (κ3) is 1.80. The number of benzene rings is 1. The topological polar surface area (TPSA) is 42.2 Å². The molecule has 90 valence electrons. The van der Waals surface area contributed by atoms with Crippen LogP contribution in [0.5, 0.6) is 0 Å². The predicted molar refractivity (Wildman–Crippen MR) is 72.5 cm³/mol. The first-order chi connectivity index (χ1) is 8.75. The van der Waals surface area contributed by atoms with Crippen molar-refractivity contribution >= 4 is 28.9 Å². The van der Waals surface area contributed by atoms with Gasteiger partial charge >= 0.3 is 0 Å².